The smallest absolute Gasteiger partial charge is 0.255 e. The summed E-state index contributed by atoms with van der Waals surface area (Å²) in [5, 5.41) is 9.03. The van der Waals surface area contributed by atoms with Gasteiger partial charge in [-0.1, -0.05) is 48.0 Å². The van der Waals surface area contributed by atoms with Crippen LogP contribution in [0.1, 0.15) is 22.0 Å². The lowest BCUT2D eigenvalue weighted by atomic mass is 10.1. The van der Waals surface area contributed by atoms with E-state index in [1.54, 1.807) is 35.3 Å². The van der Waals surface area contributed by atoms with Crippen molar-refractivity contribution in [2.24, 2.45) is 5.73 Å². The standard InChI is InChI=1S/C18H17Cl2N5O/c1-2-3-5-12(10-21)17-23-22-15-11-24(8-9-25(15)17)18(26)13-6-4-7-14(19)16(13)20/h2-7,10H,1,8-9,11,21H2/b5-3-,12-10+. The van der Waals surface area contributed by atoms with Gasteiger partial charge in [0.2, 0.25) is 0 Å². The summed E-state index contributed by atoms with van der Waals surface area (Å²) in [6, 6.07) is 5.02. The molecular formula is C18H17Cl2N5O. The number of carbonyl (C=O) groups is 1. The number of amides is 1. The van der Waals surface area contributed by atoms with Crippen LogP contribution in [0.15, 0.2) is 49.2 Å². The fraction of sp³-hybridized carbons (Fsp3) is 0.167. The number of fused-ring (bicyclic) bond motifs is 1. The Kier molecular flexibility index (Phi) is 5.44. The third kappa shape index (κ3) is 3.38. The topological polar surface area (TPSA) is 77.0 Å². The molecule has 1 amide bonds. The second-order valence-corrected chi connectivity index (χ2v) is 6.42. The van der Waals surface area contributed by atoms with E-state index in [0.29, 0.717) is 41.9 Å². The molecule has 1 aliphatic rings. The van der Waals surface area contributed by atoms with E-state index in [9.17, 15) is 4.79 Å². The van der Waals surface area contributed by atoms with Gasteiger partial charge in [-0.2, -0.15) is 0 Å². The Morgan fingerprint density at radius 2 is 2.08 bits per heavy atom. The quantitative estimate of drug-likeness (QED) is 0.813. The monoisotopic (exact) mass is 389 g/mol. The maximum absolute atomic E-state index is 12.8. The van der Waals surface area contributed by atoms with Gasteiger partial charge in [0.15, 0.2) is 11.6 Å². The van der Waals surface area contributed by atoms with Gasteiger partial charge in [-0.05, 0) is 18.2 Å². The van der Waals surface area contributed by atoms with Crippen molar-refractivity contribution in [1.29, 1.82) is 0 Å². The third-order valence-electron chi connectivity index (χ3n) is 4.07. The van der Waals surface area contributed by atoms with Crippen LogP contribution < -0.4 is 5.73 Å². The van der Waals surface area contributed by atoms with E-state index < -0.39 is 0 Å². The van der Waals surface area contributed by atoms with Crippen LogP contribution in [0.4, 0.5) is 0 Å². The Balaban J connectivity index is 1.85. The number of rotatable bonds is 4. The molecule has 6 nitrogen and oxygen atoms in total. The van der Waals surface area contributed by atoms with Crippen LogP contribution >= 0.6 is 23.2 Å². The normalized spacial score (nSPS) is 14.5. The van der Waals surface area contributed by atoms with Crippen molar-refractivity contribution in [2.45, 2.75) is 13.1 Å². The molecule has 2 aromatic rings. The summed E-state index contributed by atoms with van der Waals surface area (Å²) in [5.74, 6) is 1.16. The molecule has 26 heavy (non-hydrogen) atoms. The zero-order chi connectivity index (χ0) is 18.7. The van der Waals surface area contributed by atoms with Gasteiger partial charge in [0, 0.05) is 24.9 Å². The largest absolute Gasteiger partial charge is 0.404 e. The van der Waals surface area contributed by atoms with Crippen LogP contribution in [0.3, 0.4) is 0 Å². The van der Waals surface area contributed by atoms with Gasteiger partial charge in [-0.25, -0.2) is 0 Å². The number of hydrogen-bond donors (Lipinski definition) is 1. The molecule has 1 aromatic heterocycles. The molecule has 2 heterocycles. The molecule has 1 aliphatic heterocycles. The van der Waals surface area contributed by atoms with Crippen molar-refractivity contribution in [3.8, 4) is 0 Å². The zero-order valence-electron chi connectivity index (χ0n) is 13.9. The van der Waals surface area contributed by atoms with Crippen molar-refractivity contribution >= 4 is 34.7 Å². The van der Waals surface area contributed by atoms with Crippen LogP contribution in [0, 0.1) is 0 Å². The van der Waals surface area contributed by atoms with Gasteiger partial charge in [0.05, 0.1) is 22.2 Å². The molecule has 0 fully saturated rings. The number of carbonyl (C=O) groups excluding carboxylic acids is 1. The number of nitrogens with two attached hydrogens (primary N) is 1. The fourth-order valence-corrected chi connectivity index (χ4v) is 3.14. The summed E-state index contributed by atoms with van der Waals surface area (Å²) in [6.07, 6.45) is 6.72. The van der Waals surface area contributed by atoms with Crippen LogP contribution in [-0.2, 0) is 13.1 Å². The molecule has 0 saturated heterocycles. The predicted molar refractivity (Wildman–Crippen MR) is 103 cm³/mol. The van der Waals surface area contributed by atoms with Gasteiger partial charge in [-0.3, -0.25) is 4.79 Å². The molecule has 0 aliphatic carbocycles. The fourth-order valence-electron chi connectivity index (χ4n) is 2.76. The second-order valence-electron chi connectivity index (χ2n) is 5.64. The summed E-state index contributed by atoms with van der Waals surface area (Å²) in [5.41, 5.74) is 6.82. The molecular weight excluding hydrogens is 373 g/mol. The first-order chi connectivity index (χ1) is 12.6. The summed E-state index contributed by atoms with van der Waals surface area (Å²) in [6.45, 7) is 5.04. The Labute approximate surface area is 161 Å². The average molecular weight is 390 g/mol. The van der Waals surface area contributed by atoms with Gasteiger partial charge < -0.3 is 15.2 Å². The average Bonchev–Trinajstić information content (AvgIpc) is 3.07. The first kappa shape index (κ1) is 18.2. The molecule has 0 unspecified atom stereocenters. The molecule has 0 spiro atoms. The first-order valence-electron chi connectivity index (χ1n) is 7.93. The lowest BCUT2D eigenvalue weighted by molar-refractivity contribution is 0.0707. The Morgan fingerprint density at radius 3 is 2.81 bits per heavy atom. The zero-order valence-corrected chi connectivity index (χ0v) is 15.4. The third-order valence-corrected chi connectivity index (χ3v) is 4.89. The Bertz CT molecular complexity index is 916. The molecule has 134 valence electrons. The molecule has 1 aromatic carbocycles. The molecule has 0 bridgehead atoms. The first-order valence-corrected chi connectivity index (χ1v) is 8.69. The highest BCUT2D eigenvalue weighted by atomic mass is 35.5. The van der Waals surface area contributed by atoms with Crippen molar-refractivity contribution in [3.63, 3.8) is 0 Å². The van der Waals surface area contributed by atoms with Gasteiger partial charge >= 0.3 is 0 Å². The molecule has 8 heteroatoms. The number of allylic oxidation sites excluding steroid dienone is 4. The minimum Gasteiger partial charge on any atom is -0.404 e. The highest BCUT2D eigenvalue weighted by molar-refractivity contribution is 6.43. The minimum absolute atomic E-state index is 0.186. The highest BCUT2D eigenvalue weighted by Gasteiger charge is 2.27. The summed E-state index contributed by atoms with van der Waals surface area (Å²) < 4.78 is 1.95. The predicted octanol–water partition coefficient (Wildman–Crippen LogP) is 3.28. The summed E-state index contributed by atoms with van der Waals surface area (Å²) >= 11 is 12.2. The number of hydrogen-bond acceptors (Lipinski definition) is 4. The maximum atomic E-state index is 12.8. The van der Waals surface area contributed by atoms with E-state index in [2.05, 4.69) is 16.8 Å². The summed E-state index contributed by atoms with van der Waals surface area (Å²) in [7, 11) is 0. The molecule has 0 atom stereocenters. The Hall–Kier alpha value is -2.57. The van der Waals surface area contributed by atoms with Crippen molar-refractivity contribution < 1.29 is 4.79 Å². The highest BCUT2D eigenvalue weighted by Crippen LogP contribution is 2.28. The van der Waals surface area contributed by atoms with Crippen molar-refractivity contribution in [1.82, 2.24) is 19.7 Å². The number of aromatic nitrogens is 3. The maximum Gasteiger partial charge on any atom is 0.255 e. The molecule has 2 N–H and O–H groups in total. The Morgan fingerprint density at radius 1 is 1.27 bits per heavy atom. The minimum atomic E-state index is -0.186. The van der Waals surface area contributed by atoms with Crippen LogP contribution in [0.25, 0.3) is 5.57 Å². The summed E-state index contributed by atoms with van der Waals surface area (Å²) in [4.78, 5) is 14.5. The van der Waals surface area contributed by atoms with E-state index in [4.69, 9.17) is 28.9 Å². The lowest BCUT2D eigenvalue weighted by Crippen LogP contribution is -2.38. The molecule has 3 rings (SSSR count). The van der Waals surface area contributed by atoms with Gasteiger partial charge in [0.25, 0.3) is 5.91 Å². The number of halogens is 2. The number of benzene rings is 1. The van der Waals surface area contributed by atoms with E-state index in [-0.39, 0.29) is 10.9 Å². The van der Waals surface area contributed by atoms with E-state index in [1.807, 2.05) is 10.6 Å². The van der Waals surface area contributed by atoms with Gasteiger partial charge in [-0.15, -0.1) is 10.2 Å². The van der Waals surface area contributed by atoms with Gasteiger partial charge in [0.1, 0.15) is 0 Å². The van der Waals surface area contributed by atoms with E-state index >= 15 is 0 Å². The molecule has 0 saturated carbocycles. The molecule has 0 radical (unpaired) electrons. The second kappa shape index (κ2) is 7.76. The SMILES string of the molecule is C=C/C=C\C(=C/N)c1nnc2n1CCN(C(=O)c1cccc(Cl)c1Cl)C2. The lowest BCUT2D eigenvalue weighted by Gasteiger charge is -2.28. The number of nitrogens with zero attached hydrogens (tertiary/aromatic N) is 4. The van der Waals surface area contributed by atoms with Crippen molar-refractivity contribution in [3.05, 3.63) is 76.5 Å². The van der Waals surface area contributed by atoms with Crippen molar-refractivity contribution in [2.75, 3.05) is 6.54 Å². The van der Waals surface area contributed by atoms with Crippen LogP contribution in [-0.4, -0.2) is 32.1 Å². The van der Waals surface area contributed by atoms with Crippen LogP contribution in [0.2, 0.25) is 10.0 Å². The van der Waals surface area contributed by atoms with E-state index in [1.165, 1.54) is 6.20 Å². The van der Waals surface area contributed by atoms with E-state index in [0.717, 1.165) is 5.57 Å². The van der Waals surface area contributed by atoms with Crippen LogP contribution in [0.5, 0.6) is 0 Å².